The van der Waals surface area contributed by atoms with Gasteiger partial charge in [-0.15, -0.1) is 0 Å². The van der Waals surface area contributed by atoms with E-state index in [4.69, 9.17) is 5.26 Å². The van der Waals surface area contributed by atoms with E-state index in [-0.39, 0.29) is 17.8 Å². The molecular formula is C18H19N3O2. The number of anilines is 1. The Morgan fingerprint density at radius 1 is 1.30 bits per heavy atom. The van der Waals surface area contributed by atoms with Crippen LogP contribution >= 0.6 is 0 Å². The fourth-order valence-corrected chi connectivity index (χ4v) is 2.19. The third kappa shape index (κ3) is 4.48. The molecule has 2 N–H and O–H groups in total. The molecule has 0 radical (unpaired) electrons. The number of nitrogens with zero attached hydrogens (tertiary/aromatic N) is 2. The van der Waals surface area contributed by atoms with E-state index >= 15 is 0 Å². The number of urea groups is 1. The number of phenolic OH excluding ortho intramolecular Hbond substituents is 1. The summed E-state index contributed by atoms with van der Waals surface area (Å²) in [5.41, 5.74) is 2.14. The Labute approximate surface area is 135 Å². The number of carbonyl (C=O) groups excluding carboxylic acids is 1. The molecule has 0 aliphatic heterocycles. The Morgan fingerprint density at radius 2 is 2.00 bits per heavy atom. The van der Waals surface area contributed by atoms with E-state index in [1.165, 1.54) is 0 Å². The minimum atomic E-state index is -0.230. The first-order valence-corrected chi connectivity index (χ1v) is 7.31. The summed E-state index contributed by atoms with van der Waals surface area (Å²) in [5, 5.41) is 21.0. The highest BCUT2D eigenvalue weighted by Gasteiger charge is 2.16. The van der Waals surface area contributed by atoms with Crippen molar-refractivity contribution in [1.29, 1.82) is 5.26 Å². The van der Waals surface area contributed by atoms with Crippen molar-refractivity contribution in [2.24, 2.45) is 0 Å². The average Bonchev–Trinajstić information content (AvgIpc) is 2.56. The Morgan fingerprint density at radius 3 is 2.65 bits per heavy atom. The number of nitriles is 1. The van der Waals surface area contributed by atoms with E-state index in [1.54, 1.807) is 48.3 Å². The second-order valence-corrected chi connectivity index (χ2v) is 5.45. The van der Waals surface area contributed by atoms with Crippen LogP contribution in [0.25, 0.3) is 0 Å². The van der Waals surface area contributed by atoms with Crippen LogP contribution in [0.15, 0.2) is 48.5 Å². The van der Waals surface area contributed by atoms with Crippen LogP contribution < -0.4 is 5.32 Å². The fraction of sp³-hybridized carbons (Fsp3) is 0.222. The van der Waals surface area contributed by atoms with E-state index in [9.17, 15) is 9.90 Å². The van der Waals surface area contributed by atoms with E-state index in [0.717, 1.165) is 5.56 Å². The molecule has 1 unspecified atom stereocenters. The maximum atomic E-state index is 12.3. The van der Waals surface area contributed by atoms with Gasteiger partial charge in [0.1, 0.15) is 5.75 Å². The molecule has 5 heteroatoms. The number of rotatable bonds is 4. The van der Waals surface area contributed by atoms with Gasteiger partial charge in [-0.05, 0) is 49.2 Å². The monoisotopic (exact) mass is 309 g/mol. The summed E-state index contributed by atoms with van der Waals surface area (Å²) in [7, 11) is 1.73. The average molecular weight is 309 g/mol. The highest BCUT2D eigenvalue weighted by molar-refractivity contribution is 5.89. The summed E-state index contributed by atoms with van der Waals surface area (Å²) in [6.45, 7) is 1.96. The van der Waals surface area contributed by atoms with Crippen LogP contribution in [0.5, 0.6) is 5.75 Å². The Hall–Kier alpha value is -3.00. The Kier molecular flexibility index (Phi) is 5.21. The number of aromatic hydroxyl groups is 1. The van der Waals surface area contributed by atoms with E-state index in [2.05, 4.69) is 5.32 Å². The third-order valence-electron chi connectivity index (χ3n) is 3.69. The van der Waals surface area contributed by atoms with E-state index in [1.807, 2.05) is 25.1 Å². The summed E-state index contributed by atoms with van der Waals surface area (Å²) in [4.78, 5) is 13.9. The van der Waals surface area contributed by atoms with Gasteiger partial charge in [0.25, 0.3) is 0 Å². The van der Waals surface area contributed by atoms with Crippen molar-refractivity contribution in [3.63, 3.8) is 0 Å². The largest absolute Gasteiger partial charge is 0.508 e. The molecule has 23 heavy (non-hydrogen) atoms. The second kappa shape index (κ2) is 7.32. The zero-order valence-corrected chi connectivity index (χ0v) is 13.2. The molecule has 0 saturated heterocycles. The molecule has 0 saturated carbocycles. The normalized spacial score (nSPS) is 11.3. The van der Waals surface area contributed by atoms with Gasteiger partial charge in [0.05, 0.1) is 11.6 Å². The van der Waals surface area contributed by atoms with Gasteiger partial charge in [0.2, 0.25) is 0 Å². The van der Waals surface area contributed by atoms with Gasteiger partial charge in [0.15, 0.2) is 0 Å². The standard InChI is InChI=1S/C18H19N3O2/c1-13(10-14-6-8-17(22)9-7-14)21(2)18(23)20-16-5-3-4-15(11-16)12-19/h3-9,11,13,22H,10H2,1-2H3,(H,20,23). The van der Waals surface area contributed by atoms with Gasteiger partial charge in [-0.25, -0.2) is 4.79 Å². The maximum Gasteiger partial charge on any atom is 0.321 e. The summed E-state index contributed by atoms with van der Waals surface area (Å²) in [6, 6.07) is 15.6. The number of likely N-dealkylation sites (N-methyl/N-ethyl adjacent to an activating group) is 1. The minimum absolute atomic E-state index is 0.0151. The lowest BCUT2D eigenvalue weighted by Gasteiger charge is -2.25. The highest BCUT2D eigenvalue weighted by Crippen LogP contribution is 2.15. The number of hydrogen-bond acceptors (Lipinski definition) is 3. The SMILES string of the molecule is CC(Cc1ccc(O)cc1)N(C)C(=O)Nc1cccc(C#N)c1. The quantitative estimate of drug-likeness (QED) is 0.909. The van der Waals surface area contributed by atoms with Crippen molar-refractivity contribution in [2.75, 3.05) is 12.4 Å². The summed E-state index contributed by atoms with van der Waals surface area (Å²) >= 11 is 0. The lowest BCUT2D eigenvalue weighted by atomic mass is 10.1. The van der Waals surface area contributed by atoms with Crippen molar-refractivity contribution < 1.29 is 9.90 Å². The number of amides is 2. The van der Waals surface area contributed by atoms with Gasteiger partial charge in [-0.2, -0.15) is 5.26 Å². The van der Waals surface area contributed by atoms with Gasteiger partial charge in [0, 0.05) is 18.8 Å². The first kappa shape index (κ1) is 16.4. The second-order valence-electron chi connectivity index (χ2n) is 5.45. The number of carbonyl (C=O) groups is 1. The third-order valence-corrected chi connectivity index (χ3v) is 3.69. The fourth-order valence-electron chi connectivity index (χ4n) is 2.19. The van der Waals surface area contributed by atoms with Crippen molar-refractivity contribution in [2.45, 2.75) is 19.4 Å². The molecule has 5 nitrogen and oxygen atoms in total. The van der Waals surface area contributed by atoms with Gasteiger partial charge < -0.3 is 15.3 Å². The first-order chi connectivity index (χ1) is 11.0. The molecule has 0 aliphatic rings. The van der Waals surface area contributed by atoms with Crippen LogP contribution in [0.2, 0.25) is 0 Å². The summed E-state index contributed by atoms with van der Waals surface area (Å²) < 4.78 is 0. The number of benzene rings is 2. The lowest BCUT2D eigenvalue weighted by Crippen LogP contribution is -2.39. The van der Waals surface area contributed by atoms with Crippen molar-refractivity contribution in [3.05, 3.63) is 59.7 Å². The number of hydrogen-bond donors (Lipinski definition) is 2. The molecule has 2 aromatic carbocycles. The van der Waals surface area contributed by atoms with Crippen LogP contribution in [-0.2, 0) is 6.42 Å². The molecular weight excluding hydrogens is 290 g/mol. The topological polar surface area (TPSA) is 76.4 Å². The molecule has 0 bridgehead atoms. The number of nitrogens with one attached hydrogen (secondary N) is 1. The van der Waals surface area contributed by atoms with Crippen molar-refractivity contribution in [1.82, 2.24) is 4.90 Å². The Balaban J connectivity index is 1.98. The van der Waals surface area contributed by atoms with Crippen LogP contribution in [0.4, 0.5) is 10.5 Å². The zero-order chi connectivity index (χ0) is 16.8. The maximum absolute atomic E-state index is 12.3. The number of phenols is 1. The molecule has 0 heterocycles. The summed E-state index contributed by atoms with van der Waals surface area (Å²) in [6.07, 6.45) is 0.683. The molecule has 0 aromatic heterocycles. The predicted octanol–water partition coefficient (Wildman–Crippen LogP) is 3.36. The molecule has 0 spiro atoms. The smallest absolute Gasteiger partial charge is 0.321 e. The molecule has 118 valence electrons. The van der Waals surface area contributed by atoms with Crippen LogP contribution in [0.1, 0.15) is 18.1 Å². The molecule has 2 aromatic rings. The molecule has 0 aliphatic carbocycles. The van der Waals surface area contributed by atoms with Gasteiger partial charge in [-0.1, -0.05) is 18.2 Å². The zero-order valence-electron chi connectivity index (χ0n) is 13.2. The first-order valence-electron chi connectivity index (χ1n) is 7.31. The van der Waals surface area contributed by atoms with Crippen LogP contribution in [-0.4, -0.2) is 29.1 Å². The molecule has 2 rings (SSSR count). The van der Waals surface area contributed by atoms with E-state index < -0.39 is 0 Å². The lowest BCUT2D eigenvalue weighted by molar-refractivity contribution is 0.207. The van der Waals surface area contributed by atoms with Crippen molar-refractivity contribution >= 4 is 11.7 Å². The Bertz CT molecular complexity index is 720. The summed E-state index contributed by atoms with van der Waals surface area (Å²) in [5.74, 6) is 0.227. The van der Waals surface area contributed by atoms with Crippen LogP contribution in [0, 0.1) is 11.3 Å². The van der Waals surface area contributed by atoms with Crippen LogP contribution in [0.3, 0.4) is 0 Å². The van der Waals surface area contributed by atoms with Gasteiger partial charge in [-0.3, -0.25) is 0 Å². The van der Waals surface area contributed by atoms with E-state index in [0.29, 0.717) is 17.7 Å². The van der Waals surface area contributed by atoms with Crippen molar-refractivity contribution in [3.8, 4) is 11.8 Å². The van der Waals surface area contributed by atoms with Gasteiger partial charge >= 0.3 is 6.03 Å². The highest BCUT2D eigenvalue weighted by atomic mass is 16.3. The minimum Gasteiger partial charge on any atom is -0.508 e. The molecule has 0 fully saturated rings. The predicted molar refractivity (Wildman–Crippen MR) is 89.2 cm³/mol. The molecule has 1 atom stereocenters. The molecule has 2 amide bonds.